The Morgan fingerprint density at radius 1 is 1.41 bits per heavy atom. The molecule has 3 rings (SSSR count). The molecule has 8 nitrogen and oxygen atoms in total. The third-order valence-corrected chi connectivity index (χ3v) is 4.52. The van der Waals surface area contributed by atoms with Crippen LogP contribution < -0.4 is 5.32 Å². The molecule has 0 spiro atoms. The third-order valence-electron chi connectivity index (χ3n) is 4.52. The summed E-state index contributed by atoms with van der Waals surface area (Å²) >= 11 is 0. The van der Waals surface area contributed by atoms with Crippen LogP contribution >= 0.6 is 0 Å². The van der Waals surface area contributed by atoms with Gasteiger partial charge in [-0.3, -0.25) is 10.1 Å². The van der Waals surface area contributed by atoms with Crippen molar-refractivity contribution >= 4 is 11.5 Å². The topological polar surface area (TPSA) is 93.4 Å². The number of benzene rings is 1. The predicted octanol–water partition coefficient (Wildman–Crippen LogP) is 2.76. The fraction of sp³-hybridized carbons (Fsp3) is 0.444. The van der Waals surface area contributed by atoms with Gasteiger partial charge in [0.25, 0.3) is 0 Å². The second kappa shape index (κ2) is 7.93. The molecule has 1 fully saturated rings. The molecular formula is C18H22FN5O3. The standard InChI is InChI=1S/C18H22FN5O3/c1-11-17(24(25)26)18(22-12(2)21-11)20-9-14-5-4-13(8-15(14)19)16-10-23(3)6-7-27-16/h4-5,8,16H,6-7,9-10H2,1-3H3,(H,20,21,22). The average molecular weight is 375 g/mol. The van der Waals surface area contributed by atoms with Gasteiger partial charge >= 0.3 is 5.69 Å². The smallest absolute Gasteiger partial charge is 0.332 e. The van der Waals surface area contributed by atoms with Gasteiger partial charge in [-0.2, -0.15) is 0 Å². The SMILES string of the molecule is Cc1nc(C)c([N+](=O)[O-])c(NCc2ccc(C3CN(C)CCO3)cc2F)n1. The minimum absolute atomic E-state index is 0.0777. The number of nitrogens with zero attached hydrogens (tertiary/aromatic N) is 4. The number of nitro groups is 1. The summed E-state index contributed by atoms with van der Waals surface area (Å²) in [4.78, 5) is 21.0. The van der Waals surface area contributed by atoms with Crippen LogP contribution in [0.25, 0.3) is 0 Å². The molecule has 0 radical (unpaired) electrons. The van der Waals surface area contributed by atoms with Crippen LogP contribution in [0.5, 0.6) is 0 Å². The highest BCUT2D eigenvalue weighted by Gasteiger charge is 2.22. The maximum atomic E-state index is 14.5. The van der Waals surface area contributed by atoms with E-state index >= 15 is 0 Å². The lowest BCUT2D eigenvalue weighted by Crippen LogP contribution is -2.35. The number of aromatic nitrogens is 2. The Morgan fingerprint density at radius 2 is 2.19 bits per heavy atom. The lowest BCUT2D eigenvalue weighted by Gasteiger charge is -2.30. The highest BCUT2D eigenvalue weighted by Crippen LogP contribution is 2.27. The number of morpholine rings is 1. The van der Waals surface area contributed by atoms with Crippen molar-refractivity contribution in [1.29, 1.82) is 0 Å². The molecule has 1 unspecified atom stereocenters. The van der Waals surface area contributed by atoms with Gasteiger partial charge in [-0.05, 0) is 32.5 Å². The zero-order valence-electron chi connectivity index (χ0n) is 15.5. The van der Waals surface area contributed by atoms with Gasteiger partial charge in [0.15, 0.2) is 0 Å². The number of ether oxygens (including phenoxy) is 1. The molecule has 1 N–H and O–H groups in total. The Balaban J connectivity index is 1.76. The first-order chi connectivity index (χ1) is 12.8. The Bertz CT molecular complexity index is 861. The Labute approximate surface area is 156 Å². The van der Waals surface area contributed by atoms with Crippen LogP contribution in [-0.2, 0) is 11.3 Å². The zero-order chi connectivity index (χ0) is 19.6. The average Bonchev–Trinajstić information content (AvgIpc) is 2.59. The molecule has 2 aromatic rings. The van der Waals surface area contributed by atoms with Crippen molar-refractivity contribution in [1.82, 2.24) is 14.9 Å². The quantitative estimate of drug-likeness (QED) is 0.634. The molecule has 0 saturated carbocycles. The summed E-state index contributed by atoms with van der Waals surface area (Å²) in [7, 11) is 2.00. The van der Waals surface area contributed by atoms with E-state index < -0.39 is 4.92 Å². The summed E-state index contributed by atoms with van der Waals surface area (Å²) in [6, 6.07) is 4.96. The van der Waals surface area contributed by atoms with E-state index in [1.165, 1.54) is 6.07 Å². The van der Waals surface area contributed by atoms with Gasteiger partial charge in [-0.15, -0.1) is 0 Å². The van der Waals surface area contributed by atoms with Crippen LogP contribution in [-0.4, -0.2) is 46.5 Å². The van der Waals surface area contributed by atoms with Crippen molar-refractivity contribution in [2.75, 3.05) is 32.1 Å². The first kappa shape index (κ1) is 19.1. The number of aryl methyl sites for hydroxylation is 2. The maximum Gasteiger partial charge on any atom is 0.332 e. The molecule has 1 aliphatic heterocycles. The zero-order valence-corrected chi connectivity index (χ0v) is 15.5. The van der Waals surface area contributed by atoms with E-state index in [4.69, 9.17) is 4.74 Å². The summed E-state index contributed by atoms with van der Waals surface area (Å²) in [5.41, 5.74) is 1.24. The summed E-state index contributed by atoms with van der Waals surface area (Å²) in [6.07, 6.45) is -0.159. The van der Waals surface area contributed by atoms with Crippen LogP contribution in [0.1, 0.15) is 28.7 Å². The van der Waals surface area contributed by atoms with E-state index in [-0.39, 0.29) is 35.7 Å². The van der Waals surface area contributed by atoms with Crippen LogP contribution in [0.2, 0.25) is 0 Å². The lowest BCUT2D eigenvalue weighted by molar-refractivity contribution is -0.385. The lowest BCUT2D eigenvalue weighted by atomic mass is 10.0. The molecule has 0 aliphatic carbocycles. The Kier molecular flexibility index (Phi) is 5.62. The molecule has 1 saturated heterocycles. The van der Waals surface area contributed by atoms with Gasteiger partial charge in [0.2, 0.25) is 5.82 Å². The molecule has 27 heavy (non-hydrogen) atoms. The normalized spacial score (nSPS) is 17.7. The monoisotopic (exact) mass is 375 g/mol. The largest absolute Gasteiger partial charge is 0.371 e. The summed E-state index contributed by atoms with van der Waals surface area (Å²) < 4.78 is 20.3. The summed E-state index contributed by atoms with van der Waals surface area (Å²) in [5.74, 6) is 0.114. The van der Waals surface area contributed by atoms with E-state index in [0.29, 0.717) is 24.5 Å². The number of anilines is 1. The van der Waals surface area contributed by atoms with Gasteiger partial charge < -0.3 is 15.0 Å². The highest BCUT2D eigenvalue weighted by atomic mass is 19.1. The molecule has 0 amide bonds. The Hall–Kier alpha value is -2.65. The van der Waals surface area contributed by atoms with Crippen molar-refractivity contribution in [3.63, 3.8) is 0 Å². The molecule has 1 aliphatic rings. The predicted molar refractivity (Wildman–Crippen MR) is 98.1 cm³/mol. The number of hydrogen-bond donors (Lipinski definition) is 1. The van der Waals surface area contributed by atoms with Crippen molar-refractivity contribution in [3.05, 3.63) is 56.8 Å². The molecule has 9 heteroatoms. The minimum atomic E-state index is -0.534. The molecule has 1 aromatic carbocycles. The summed E-state index contributed by atoms with van der Waals surface area (Å²) in [6.45, 7) is 5.46. The van der Waals surface area contributed by atoms with Gasteiger partial charge in [0.05, 0.1) is 17.6 Å². The van der Waals surface area contributed by atoms with E-state index in [1.54, 1.807) is 19.9 Å². The van der Waals surface area contributed by atoms with Gasteiger partial charge in [0, 0.05) is 25.2 Å². The first-order valence-electron chi connectivity index (χ1n) is 8.67. The fourth-order valence-electron chi connectivity index (χ4n) is 3.11. The molecule has 1 aromatic heterocycles. The molecular weight excluding hydrogens is 353 g/mol. The minimum Gasteiger partial charge on any atom is -0.371 e. The van der Waals surface area contributed by atoms with Crippen molar-refractivity contribution in [2.45, 2.75) is 26.5 Å². The van der Waals surface area contributed by atoms with Gasteiger partial charge in [-0.1, -0.05) is 12.1 Å². The molecule has 0 bridgehead atoms. The van der Waals surface area contributed by atoms with Gasteiger partial charge in [0.1, 0.15) is 17.3 Å². The van der Waals surface area contributed by atoms with E-state index in [0.717, 1.165) is 12.1 Å². The number of rotatable bonds is 5. The van der Waals surface area contributed by atoms with Gasteiger partial charge in [-0.25, -0.2) is 14.4 Å². The second-order valence-corrected chi connectivity index (χ2v) is 6.64. The summed E-state index contributed by atoms with van der Waals surface area (Å²) in [5, 5.41) is 14.1. The highest BCUT2D eigenvalue weighted by molar-refractivity contribution is 5.58. The van der Waals surface area contributed by atoms with Crippen LogP contribution in [0, 0.1) is 29.8 Å². The van der Waals surface area contributed by atoms with E-state index in [1.807, 2.05) is 13.1 Å². The Morgan fingerprint density at radius 3 is 2.85 bits per heavy atom. The van der Waals surface area contributed by atoms with Crippen molar-refractivity contribution in [3.8, 4) is 0 Å². The number of halogens is 1. The fourth-order valence-corrected chi connectivity index (χ4v) is 3.11. The first-order valence-corrected chi connectivity index (χ1v) is 8.67. The van der Waals surface area contributed by atoms with Crippen molar-refractivity contribution < 1.29 is 14.1 Å². The maximum absolute atomic E-state index is 14.5. The number of hydrogen-bond acceptors (Lipinski definition) is 7. The van der Waals surface area contributed by atoms with Crippen LogP contribution in [0.15, 0.2) is 18.2 Å². The number of likely N-dealkylation sites (N-methyl/N-ethyl adjacent to an activating group) is 1. The van der Waals surface area contributed by atoms with E-state index in [2.05, 4.69) is 20.2 Å². The third kappa shape index (κ3) is 4.37. The molecule has 144 valence electrons. The second-order valence-electron chi connectivity index (χ2n) is 6.64. The molecule has 1 atom stereocenters. The van der Waals surface area contributed by atoms with Crippen molar-refractivity contribution in [2.24, 2.45) is 0 Å². The number of nitrogens with one attached hydrogen (secondary N) is 1. The van der Waals surface area contributed by atoms with Crippen LogP contribution in [0.3, 0.4) is 0 Å². The van der Waals surface area contributed by atoms with E-state index in [9.17, 15) is 14.5 Å². The van der Waals surface area contributed by atoms with Crippen LogP contribution in [0.4, 0.5) is 15.9 Å². The molecule has 2 heterocycles.